The van der Waals surface area contributed by atoms with E-state index in [1.807, 2.05) is 13.8 Å². The Labute approximate surface area is 121 Å². The number of hydrogen-bond donors (Lipinski definition) is 0. The Hall–Kier alpha value is 0.660. The molecule has 116 valence electrons. The minimum absolute atomic E-state index is 0.662. The van der Waals surface area contributed by atoms with Gasteiger partial charge in [0, 0.05) is 26.2 Å². The summed E-state index contributed by atoms with van der Waals surface area (Å²) in [5.41, 5.74) is 0. The standard InChI is InChI=1S/C12H30N2O3P2/c1-7-13(8-2)18(15-11-5)17-19(16-12-6)14(9-3)10-4/h7-12H2,1-6H3. The summed E-state index contributed by atoms with van der Waals surface area (Å²) in [6.45, 7) is 17.5. The van der Waals surface area contributed by atoms with E-state index in [4.69, 9.17) is 13.4 Å². The van der Waals surface area contributed by atoms with Gasteiger partial charge in [-0.3, -0.25) is 4.31 Å². The Morgan fingerprint density at radius 3 is 1.16 bits per heavy atom. The molecule has 0 aromatic heterocycles. The fourth-order valence-electron chi connectivity index (χ4n) is 1.50. The van der Waals surface area contributed by atoms with Crippen LogP contribution in [0.15, 0.2) is 0 Å². The third-order valence-corrected chi connectivity index (χ3v) is 6.67. The van der Waals surface area contributed by atoms with Gasteiger partial charge in [0.05, 0.1) is 13.2 Å². The minimum Gasteiger partial charge on any atom is -0.322 e. The first-order valence-corrected chi connectivity index (χ1v) is 9.48. The smallest absolute Gasteiger partial charge is 0.265 e. The summed E-state index contributed by atoms with van der Waals surface area (Å²) < 4.78 is 22.2. The summed E-state index contributed by atoms with van der Waals surface area (Å²) in [5.74, 6) is 0. The normalized spacial score (nSPS) is 15.2. The molecule has 0 N–H and O–H groups in total. The maximum atomic E-state index is 6.16. The second-order valence-electron chi connectivity index (χ2n) is 3.67. The largest absolute Gasteiger partial charge is 0.322 e. The summed E-state index contributed by atoms with van der Waals surface area (Å²) in [5, 5.41) is 0. The van der Waals surface area contributed by atoms with Crippen LogP contribution < -0.4 is 0 Å². The van der Waals surface area contributed by atoms with Crippen LogP contribution >= 0.6 is 17.1 Å². The first-order chi connectivity index (χ1) is 9.18. The van der Waals surface area contributed by atoms with Crippen LogP contribution in [0.3, 0.4) is 0 Å². The van der Waals surface area contributed by atoms with Crippen molar-refractivity contribution in [2.45, 2.75) is 41.5 Å². The van der Waals surface area contributed by atoms with Crippen LogP contribution in [0, 0.1) is 0 Å². The van der Waals surface area contributed by atoms with Crippen molar-refractivity contribution in [1.29, 1.82) is 0 Å². The van der Waals surface area contributed by atoms with Crippen LogP contribution in [-0.4, -0.2) is 48.7 Å². The van der Waals surface area contributed by atoms with E-state index in [-0.39, 0.29) is 0 Å². The molecule has 0 aromatic carbocycles. The van der Waals surface area contributed by atoms with Gasteiger partial charge in [0.15, 0.2) is 0 Å². The highest BCUT2D eigenvalue weighted by molar-refractivity contribution is 7.58. The molecular weight excluding hydrogens is 282 g/mol. The van der Waals surface area contributed by atoms with Crippen molar-refractivity contribution < 1.29 is 13.4 Å². The monoisotopic (exact) mass is 312 g/mol. The maximum Gasteiger partial charge on any atom is 0.265 e. The molecular formula is C12H30N2O3P2. The van der Waals surface area contributed by atoms with Crippen molar-refractivity contribution in [2.75, 3.05) is 39.4 Å². The van der Waals surface area contributed by atoms with E-state index in [1.54, 1.807) is 0 Å². The zero-order valence-corrected chi connectivity index (χ0v) is 15.0. The first kappa shape index (κ1) is 19.7. The topological polar surface area (TPSA) is 34.2 Å². The quantitative estimate of drug-likeness (QED) is 0.504. The molecule has 5 nitrogen and oxygen atoms in total. The minimum atomic E-state index is -1.02. The molecule has 0 radical (unpaired) electrons. The maximum absolute atomic E-state index is 6.16. The average molecular weight is 312 g/mol. The van der Waals surface area contributed by atoms with Gasteiger partial charge in [-0.25, -0.2) is 9.34 Å². The van der Waals surface area contributed by atoms with E-state index in [9.17, 15) is 0 Å². The summed E-state index contributed by atoms with van der Waals surface area (Å²) in [4.78, 5) is 0. The lowest BCUT2D eigenvalue weighted by atomic mass is 10.7. The molecule has 0 aliphatic carbocycles. The van der Waals surface area contributed by atoms with Gasteiger partial charge in [-0.05, 0) is 13.8 Å². The van der Waals surface area contributed by atoms with Crippen LogP contribution in [0.1, 0.15) is 41.5 Å². The van der Waals surface area contributed by atoms with Gasteiger partial charge in [0.2, 0.25) is 0 Å². The summed E-state index contributed by atoms with van der Waals surface area (Å²) in [6, 6.07) is 0. The van der Waals surface area contributed by atoms with Crippen molar-refractivity contribution in [2.24, 2.45) is 0 Å². The van der Waals surface area contributed by atoms with E-state index in [0.29, 0.717) is 13.2 Å². The van der Waals surface area contributed by atoms with Crippen LogP contribution in [0.25, 0.3) is 0 Å². The Morgan fingerprint density at radius 1 is 0.632 bits per heavy atom. The average Bonchev–Trinajstić information content (AvgIpc) is 2.41. The molecule has 0 aliphatic rings. The van der Waals surface area contributed by atoms with Gasteiger partial charge in [-0.15, -0.1) is 0 Å². The molecule has 0 aromatic rings. The molecule has 7 heteroatoms. The third-order valence-electron chi connectivity index (χ3n) is 2.54. The first-order valence-electron chi connectivity index (χ1n) is 7.22. The van der Waals surface area contributed by atoms with E-state index in [1.165, 1.54) is 0 Å². The molecule has 19 heavy (non-hydrogen) atoms. The lowest BCUT2D eigenvalue weighted by molar-refractivity contribution is 0.240. The lowest BCUT2D eigenvalue weighted by Gasteiger charge is -2.33. The van der Waals surface area contributed by atoms with Crippen molar-refractivity contribution in [3.8, 4) is 0 Å². The molecule has 0 spiro atoms. The highest BCUT2D eigenvalue weighted by Gasteiger charge is 2.27. The Kier molecular flexibility index (Phi) is 12.8. The van der Waals surface area contributed by atoms with Gasteiger partial charge in [-0.2, -0.15) is 0 Å². The van der Waals surface area contributed by atoms with Gasteiger partial charge in [-0.1, -0.05) is 27.7 Å². The predicted molar refractivity (Wildman–Crippen MR) is 84.0 cm³/mol. The zero-order chi connectivity index (χ0) is 14.7. The summed E-state index contributed by atoms with van der Waals surface area (Å²) in [6.07, 6.45) is 0. The molecule has 0 rings (SSSR count). The van der Waals surface area contributed by atoms with E-state index in [2.05, 4.69) is 37.0 Å². The Balaban J connectivity index is 4.71. The van der Waals surface area contributed by atoms with Gasteiger partial charge in [0.1, 0.15) is 0 Å². The highest BCUT2D eigenvalue weighted by Crippen LogP contribution is 2.57. The molecule has 0 saturated carbocycles. The van der Waals surface area contributed by atoms with E-state index < -0.39 is 17.1 Å². The fourth-order valence-corrected chi connectivity index (χ4v) is 4.88. The van der Waals surface area contributed by atoms with Crippen molar-refractivity contribution in [3.63, 3.8) is 0 Å². The Morgan fingerprint density at radius 2 is 0.947 bits per heavy atom. The van der Waals surface area contributed by atoms with Gasteiger partial charge in [0.25, 0.3) is 17.1 Å². The summed E-state index contributed by atoms with van der Waals surface area (Å²) >= 11 is 0. The molecule has 0 bridgehead atoms. The summed E-state index contributed by atoms with van der Waals surface area (Å²) in [7, 11) is -2.05. The van der Waals surface area contributed by atoms with Crippen LogP contribution in [-0.2, 0) is 13.4 Å². The van der Waals surface area contributed by atoms with Gasteiger partial charge < -0.3 is 9.05 Å². The fraction of sp³-hybridized carbons (Fsp3) is 1.00. The molecule has 0 fully saturated rings. The van der Waals surface area contributed by atoms with Gasteiger partial charge >= 0.3 is 0 Å². The lowest BCUT2D eigenvalue weighted by Crippen LogP contribution is -2.23. The molecule has 2 atom stereocenters. The van der Waals surface area contributed by atoms with Crippen LogP contribution in [0.4, 0.5) is 0 Å². The van der Waals surface area contributed by atoms with Crippen molar-refractivity contribution in [3.05, 3.63) is 0 Å². The highest BCUT2D eigenvalue weighted by atomic mass is 31.2. The number of rotatable bonds is 12. The van der Waals surface area contributed by atoms with Crippen molar-refractivity contribution >= 4 is 17.1 Å². The predicted octanol–water partition coefficient (Wildman–Crippen LogP) is 4.21. The second kappa shape index (κ2) is 12.4. The molecule has 0 saturated heterocycles. The number of nitrogens with zero attached hydrogens (tertiary/aromatic N) is 2. The second-order valence-corrected chi connectivity index (χ2v) is 6.92. The molecule has 0 heterocycles. The molecule has 0 aliphatic heterocycles. The van der Waals surface area contributed by atoms with Crippen LogP contribution in [0.2, 0.25) is 0 Å². The zero-order valence-electron chi connectivity index (χ0n) is 13.3. The van der Waals surface area contributed by atoms with E-state index >= 15 is 0 Å². The SMILES string of the molecule is CCOP(OP(OCC)N(CC)CC)N(CC)CC. The molecule has 2 unspecified atom stereocenters. The number of hydrogen-bond acceptors (Lipinski definition) is 5. The van der Waals surface area contributed by atoms with Crippen molar-refractivity contribution in [1.82, 2.24) is 9.34 Å². The third kappa shape index (κ3) is 7.29. The Bertz CT molecular complexity index is 185. The van der Waals surface area contributed by atoms with E-state index in [0.717, 1.165) is 26.2 Å². The molecule has 0 amide bonds. The van der Waals surface area contributed by atoms with Crippen LogP contribution in [0.5, 0.6) is 0 Å².